The zero-order chi connectivity index (χ0) is 22.0. The monoisotopic (exact) mass is 428 g/mol. The molecule has 4 aromatic rings. The van der Waals surface area contributed by atoms with Crippen molar-refractivity contribution in [3.8, 4) is 11.5 Å². The number of para-hydroxylation sites is 2. The third kappa shape index (κ3) is 5.95. The molecule has 4 rings (SSSR count). The van der Waals surface area contributed by atoms with Crippen LogP contribution in [0.2, 0.25) is 0 Å². The quantitative estimate of drug-likeness (QED) is 0.390. The van der Waals surface area contributed by atoms with Crippen molar-refractivity contribution in [1.82, 2.24) is 20.1 Å². The molecule has 32 heavy (non-hydrogen) atoms. The summed E-state index contributed by atoms with van der Waals surface area (Å²) in [5.74, 6) is 1.13. The number of aromatic nitrogens is 3. The second kappa shape index (κ2) is 10.8. The van der Waals surface area contributed by atoms with Crippen molar-refractivity contribution in [1.29, 1.82) is 0 Å². The number of amides is 1. The Labute approximate surface area is 186 Å². The van der Waals surface area contributed by atoms with E-state index in [0.717, 1.165) is 16.9 Å². The fraction of sp³-hybridized carbons (Fsp3) is 0.160. The average Bonchev–Trinajstić information content (AvgIpc) is 3.34. The first-order chi connectivity index (χ1) is 15.8. The number of hydrogen-bond acceptors (Lipinski definition) is 5. The number of ether oxygens (including phenoxy) is 2. The highest BCUT2D eigenvalue weighted by atomic mass is 16.5. The molecule has 0 saturated heterocycles. The van der Waals surface area contributed by atoms with Crippen LogP contribution in [0.1, 0.15) is 21.5 Å². The van der Waals surface area contributed by atoms with Crippen LogP contribution in [0.3, 0.4) is 0 Å². The predicted molar refractivity (Wildman–Crippen MR) is 121 cm³/mol. The molecule has 1 N–H and O–H groups in total. The standard InChI is InChI=1S/C25H24N4O3/c30-25(27-16-20-7-6-8-21(15-20)17-29-19-26-18-28-29)23-11-4-5-12-24(23)32-14-13-31-22-9-2-1-3-10-22/h1-12,15,18-19H,13-14,16-17H2,(H,27,30). The van der Waals surface area contributed by atoms with E-state index in [-0.39, 0.29) is 5.91 Å². The van der Waals surface area contributed by atoms with Crippen molar-refractivity contribution in [2.45, 2.75) is 13.1 Å². The largest absolute Gasteiger partial charge is 0.490 e. The molecule has 0 atom stereocenters. The summed E-state index contributed by atoms with van der Waals surface area (Å²) in [5, 5.41) is 7.10. The van der Waals surface area contributed by atoms with Crippen molar-refractivity contribution in [2.24, 2.45) is 0 Å². The summed E-state index contributed by atoms with van der Waals surface area (Å²) in [5.41, 5.74) is 2.58. The molecule has 0 radical (unpaired) electrons. The van der Waals surface area contributed by atoms with Crippen LogP contribution < -0.4 is 14.8 Å². The lowest BCUT2D eigenvalue weighted by Crippen LogP contribution is -2.24. The Bertz CT molecular complexity index is 1130. The molecule has 7 heteroatoms. The van der Waals surface area contributed by atoms with Gasteiger partial charge in [0.1, 0.15) is 37.4 Å². The minimum absolute atomic E-state index is 0.189. The Morgan fingerprint density at radius 3 is 2.50 bits per heavy atom. The van der Waals surface area contributed by atoms with Gasteiger partial charge in [0.05, 0.1) is 12.1 Å². The fourth-order valence-electron chi connectivity index (χ4n) is 3.22. The summed E-state index contributed by atoms with van der Waals surface area (Å²) in [7, 11) is 0. The van der Waals surface area contributed by atoms with Gasteiger partial charge in [0.2, 0.25) is 0 Å². The van der Waals surface area contributed by atoms with Crippen molar-refractivity contribution >= 4 is 5.91 Å². The van der Waals surface area contributed by atoms with Crippen molar-refractivity contribution in [3.05, 3.63) is 108 Å². The van der Waals surface area contributed by atoms with E-state index in [0.29, 0.717) is 37.6 Å². The van der Waals surface area contributed by atoms with Gasteiger partial charge in [0.25, 0.3) is 5.91 Å². The highest BCUT2D eigenvalue weighted by Crippen LogP contribution is 2.18. The van der Waals surface area contributed by atoms with Gasteiger partial charge in [-0.25, -0.2) is 9.67 Å². The van der Waals surface area contributed by atoms with Crippen molar-refractivity contribution in [3.63, 3.8) is 0 Å². The number of carbonyl (C=O) groups is 1. The number of nitrogens with one attached hydrogen (secondary N) is 1. The first kappa shape index (κ1) is 21.1. The zero-order valence-corrected chi connectivity index (χ0v) is 17.6. The van der Waals surface area contributed by atoms with E-state index in [4.69, 9.17) is 9.47 Å². The topological polar surface area (TPSA) is 78.3 Å². The minimum atomic E-state index is -0.189. The van der Waals surface area contributed by atoms with Crippen LogP contribution in [0, 0.1) is 0 Å². The van der Waals surface area contributed by atoms with Gasteiger partial charge in [-0.1, -0.05) is 54.6 Å². The van der Waals surface area contributed by atoms with Crippen LogP contribution in [-0.2, 0) is 13.1 Å². The molecule has 3 aromatic carbocycles. The molecule has 0 aliphatic carbocycles. The smallest absolute Gasteiger partial charge is 0.255 e. The maximum absolute atomic E-state index is 12.8. The highest BCUT2D eigenvalue weighted by Gasteiger charge is 2.12. The maximum Gasteiger partial charge on any atom is 0.255 e. The second-order valence-corrected chi connectivity index (χ2v) is 7.10. The Kier molecular flexibility index (Phi) is 7.10. The van der Waals surface area contributed by atoms with Gasteiger partial charge in [-0.3, -0.25) is 4.79 Å². The number of carbonyl (C=O) groups excluding carboxylic acids is 1. The van der Waals surface area contributed by atoms with E-state index in [9.17, 15) is 4.79 Å². The molecule has 0 spiro atoms. The van der Waals surface area contributed by atoms with Crippen molar-refractivity contribution < 1.29 is 14.3 Å². The SMILES string of the molecule is O=C(NCc1cccc(Cn2cncn2)c1)c1ccccc1OCCOc1ccccc1. The van der Waals surface area contributed by atoms with Gasteiger partial charge in [-0.2, -0.15) is 5.10 Å². The van der Waals surface area contributed by atoms with E-state index < -0.39 is 0 Å². The maximum atomic E-state index is 12.8. The van der Waals surface area contributed by atoms with E-state index in [1.165, 1.54) is 6.33 Å². The third-order valence-corrected chi connectivity index (χ3v) is 4.74. The predicted octanol–water partition coefficient (Wildman–Crippen LogP) is 3.71. The molecule has 0 bridgehead atoms. The Balaban J connectivity index is 1.31. The van der Waals surface area contributed by atoms with Crippen LogP contribution in [-0.4, -0.2) is 33.9 Å². The van der Waals surface area contributed by atoms with E-state index in [2.05, 4.69) is 15.4 Å². The van der Waals surface area contributed by atoms with E-state index in [1.807, 2.05) is 66.7 Å². The molecule has 0 aliphatic heterocycles. The number of hydrogen-bond donors (Lipinski definition) is 1. The summed E-state index contributed by atoms with van der Waals surface area (Å²) >= 11 is 0. The van der Waals surface area contributed by atoms with Gasteiger partial charge in [0, 0.05) is 6.54 Å². The van der Waals surface area contributed by atoms with Crippen LogP contribution in [0.4, 0.5) is 0 Å². The van der Waals surface area contributed by atoms with Gasteiger partial charge < -0.3 is 14.8 Å². The van der Waals surface area contributed by atoms with Crippen LogP contribution in [0.25, 0.3) is 0 Å². The lowest BCUT2D eigenvalue weighted by atomic mass is 10.1. The number of nitrogens with zero attached hydrogens (tertiary/aromatic N) is 3. The molecule has 0 saturated carbocycles. The number of benzene rings is 3. The molecule has 1 amide bonds. The van der Waals surface area contributed by atoms with Crippen LogP contribution in [0.5, 0.6) is 11.5 Å². The Hall–Kier alpha value is -4.13. The molecule has 0 aliphatic rings. The normalized spacial score (nSPS) is 10.5. The summed E-state index contributed by atoms with van der Waals surface area (Å²) in [6.45, 7) is 1.76. The Morgan fingerprint density at radius 2 is 1.66 bits per heavy atom. The summed E-state index contributed by atoms with van der Waals surface area (Å²) in [6.07, 6.45) is 3.19. The molecule has 1 heterocycles. The molecular formula is C25H24N4O3. The minimum Gasteiger partial charge on any atom is -0.490 e. The lowest BCUT2D eigenvalue weighted by molar-refractivity contribution is 0.0945. The van der Waals surface area contributed by atoms with Crippen molar-refractivity contribution in [2.75, 3.05) is 13.2 Å². The van der Waals surface area contributed by atoms with Crippen LogP contribution in [0.15, 0.2) is 91.5 Å². The average molecular weight is 428 g/mol. The van der Waals surface area contributed by atoms with Gasteiger partial charge in [-0.15, -0.1) is 0 Å². The first-order valence-electron chi connectivity index (χ1n) is 10.4. The van der Waals surface area contributed by atoms with Crippen LogP contribution >= 0.6 is 0 Å². The molecule has 0 unspecified atom stereocenters. The molecule has 162 valence electrons. The Morgan fingerprint density at radius 1 is 0.875 bits per heavy atom. The molecule has 0 fully saturated rings. The van der Waals surface area contributed by atoms with Gasteiger partial charge >= 0.3 is 0 Å². The molecule has 7 nitrogen and oxygen atoms in total. The fourth-order valence-corrected chi connectivity index (χ4v) is 3.22. The van der Waals surface area contributed by atoms with E-state index in [1.54, 1.807) is 23.1 Å². The third-order valence-electron chi connectivity index (χ3n) is 4.74. The summed E-state index contributed by atoms with van der Waals surface area (Å²) in [4.78, 5) is 16.7. The second-order valence-electron chi connectivity index (χ2n) is 7.10. The van der Waals surface area contributed by atoms with E-state index >= 15 is 0 Å². The highest BCUT2D eigenvalue weighted by molar-refractivity contribution is 5.96. The lowest BCUT2D eigenvalue weighted by Gasteiger charge is -2.13. The molecular weight excluding hydrogens is 404 g/mol. The zero-order valence-electron chi connectivity index (χ0n) is 17.6. The number of rotatable bonds is 10. The first-order valence-corrected chi connectivity index (χ1v) is 10.4. The summed E-state index contributed by atoms with van der Waals surface area (Å²) < 4.78 is 13.2. The van der Waals surface area contributed by atoms with Gasteiger partial charge in [-0.05, 0) is 35.4 Å². The molecule has 1 aromatic heterocycles. The van der Waals surface area contributed by atoms with Gasteiger partial charge in [0.15, 0.2) is 0 Å². The summed E-state index contributed by atoms with van der Waals surface area (Å²) in [6, 6.07) is 24.8.